The Labute approximate surface area is 119 Å². The molecule has 5 nitrogen and oxygen atoms in total. The van der Waals surface area contributed by atoms with Crippen molar-refractivity contribution < 1.29 is 9.59 Å². The summed E-state index contributed by atoms with van der Waals surface area (Å²) in [4.78, 5) is 29.8. The van der Waals surface area contributed by atoms with Crippen LogP contribution >= 0.6 is 0 Å². The molecule has 5 heteroatoms. The molecule has 2 unspecified atom stereocenters. The summed E-state index contributed by atoms with van der Waals surface area (Å²) in [7, 11) is 0. The van der Waals surface area contributed by atoms with Crippen molar-refractivity contribution >= 4 is 11.8 Å². The highest BCUT2D eigenvalue weighted by atomic mass is 16.2. The molecule has 1 N–H and O–H groups in total. The van der Waals surface area contributed by atoms with Crippen LogP contribution in [0.25, 0.3) is 0 Å². The third-order valence-corrected chi connectivity index (χ3v) is 3.84. The van der Waals surface area contributed by atoms with Crippen molar-refractivity contribution in [3.05, 3.63) is 30.1 Å². The van der Waals surface area contributed by atoms with Crippen molar-refractivity contribution in [1.82, 2.24) is 15.2 Å². The van der Waals surface area contributed by atoms with Crippen LogP contribution in [0.3, 0.4) is 0 Å². The van der Waals surface area contributed by atoms with Gasteiger partial charge in [0.2, 0.25) is 11.8 Å². The number of nitrogens with zero attached hydrogens (tertiary/aromatic N) is 2. The maximum atomic E-state index is 12.1. The van der Waals surface area contributed by atoms with Crippen LogP contribution in [0, 0.1) is 5.92 Å². The Kier molecular flexibility index (Phi) is 4.71. The monoisotopic (exact) mass is 275 g/mol. The number of pyridine rings is 1. The van der Waals surface area contributed by atoms with E-state index >= 15 is 0 Å². The van der Waals surface area contributed by atoms with E-state index in [0.29, 0.717) is 19.5 Å². The van der Waals surface area contributed by atoms with Gasteiger partial charge in [0.15, 0.2) is 0 Å². The number of hydrogen-bond acceptors (Lipinski definition) is 3. The van der Waals surface area contributed by atoms with E-state index < -0.39 is 0 Å². The second kappa shape index (κ2) is 6.50. The van der Waals surface area contributed by atoms with Gasteiger partial charge >= 0.3 is 0 Å². The number of carbonyl (C=O) groups excluding carboxylic acids is 2. The predicted molar refractivity (Wildman–Crippen MR) is 75.7 cm³/mol. The summed E-state index contributed by atoms with van der Waals surface area (Å²) in [5.74, 6) is -0.193. The van der Waals surface area contributed by atoms with E-state index in [2.05, 4.69) is 10.3 Å². The maximum Gasteiger partial charge on any atom is 0.225 e. The van der Waals surface area contributed by atoms with Gasteiger partial charge in [-0.3, -0.25) is 14.6 Å². The molecule has 0 radical (unpaired) electrons. The summed E-state index contributed by atoms with van der Waals surface area (Å²) >= 11 is 0. The van der Waals surface area contributed by atoms with Crippen molar-refractivity contribution in [1.29, 1.82) is 0 Å². The molecule has 1 aliphatic heterocycles. The fourth-order valence-electron chi connectivity index (χ4n) is 2.39. The Morgan fingerprint density at radius 3 is 3.05 bits per heavy atom. The predicted octanol–water partition coefficient (Wildman–Crippen LogP) is 1.34. The first-order valence-electron chi connectivity index (χ1n) is 7.08. The molecule has 0 aromatic carbocycles. The number of nitrogens with one attached hydrogen (secondary N) is 1. The van der Waals surface area contributed by atoms with Crippen LogP contribution in [-0.4, -0.2) is 34.3 Å². The molecule has 108 valence electrons. The zero-order valence-electron chi connectivity index (χ0n) is 12.0. The molecule has 0 spiro atoms. The van der Waals surface area contributed by atoms with Crippen LogP contribution in [0.4, 0.5) is 0 Å². The van der Waals surface area contributed by atoms with Crippen molar-refractivity contribution in [2.45, 2.75) is 39.3 Å². The Bertz CT molecular complexity index is 475. The van der Waals surface area contributed by atoms with Gasteiger partial charge in [0, 0.05) is 37.9 Å². The Balaban J connectivity index is 1.86. The number of carbonyl (C=O) groups is 2. The lowest BCUT2D eigenvalue weighted by Gasteiger charge is -2.23. The van der Waals surface area contributed by atoms with Crippen molar-refractivity contribution in [3.63, 3.8) is 0 Å². The van der Waals surface area contributed by atoms with Gasteiger partial charge in [-0.05, 0) is 25.0 Å². The van der Waals surface area contributed by atoms with Gasteiger partial charge < -0.3 is 10.2 Å². The molecule has 0 bridgehead atoms. The molecule has 1 saturated heterocycles. The Morgan fingerprint density at radius 1 is 1.60 bits per heavy atom. The first-order valence-corrected chi connectivity index (χ1v) is 7.08. The van der Waals surface area contributed by atoms with Crippen molar-refractivity contribution in [3.8, 4) is 0 Å². The summed E-state index contributed by atoms with van der Waals surface area (Å²) in [6.07, 6.45) is 4.66. The molecule has 1 aromatic rings. The lowest BCUT2D eigenvalue weighted by atomic mass is 10.1. The van der Waals surface area contributed by atoms with Crippen LogP contribution in [0.1, 0.15) is 32.3 Å². The standard InChI is InChI=1S/C15H21N3O2/c1-3-11(2)18-10-13(7-14(18)19)15(20)17-9-12-5-4-6-16-8-12/h4-6,8,11,13H,3,7,9-10H2,1-2H3,(H,17,20). The van der Waals surface area contributed by atoms with Gasteiger partial charge in [0.25, 0.3) is 0 Å². The molecule has 20 heavy (non-hydrogen) atoms. The highest BCUT2D eigenvalue weighted by molar-refractivity contribution is 5.89. The molecule has 2 heterocycles. The number of amides is 2. The SMILES string of the molecule is CCC(C)N1CC(C(=O)NCc2cccnc2)CC1=O. The molecule has 1 fully saturated rings. The van der Waals surface area contributed by atoms with Crippen molar-refractivity contribution in [2.24, 2.45) is 5.92 Å². The average molecular weight is 275 g/mol. The minimum absolute atomic E-state index is 0.0481. The van der Waals surface area contributed by atoms with E-state index in [1.807, 2.05) is 30.9 Å². The molecule has 1 aromatic heterocycles. The van der Waals surface area contributed by atoms with E-state index in [4.69, 9.17) is 0 Å². The molecule has 1 aliphatic rings. The zero-order valence-corrected chi connectivity index (χ0v) is 12.0. The quantitative estimate of drug-likeness (QED) is 0.882. The zero-order chi connectivity index (χ0) is 14.5. The summed E-state index contributed by atoms with van der Waals surface area (Å²) < 4.78 is 0. The lowest BCUT2D eigenvalue weighted by molar-refractivity contribution is -0.130. The normalized spacial score (nSPS) is 20.0. The largest absolute Gasteiger partial charge is 0.352 e. The van der Waals surface area contributed by atoms with Crippen LogP contribution in [0.15, 0.2) is 24.5 Å². The first-order chi connectivity index (χ1) is 9.61. The molecular formula is C15H21N3O2. The summed E-state index contributed by atoms with van der Waals surface area (Å²) in [5.41, 5.74) is 0.962. The first kappa shape index (κ1) is 14.5. The fraction of sp³-hybridized carbons (Fsp3) is 0.533. The topological polar surface area (TPSA) is 62.3 Å². The maximum absolute atomic E-state index is 12.1. The Hall–Kier alpha value is -1.91. The number of aromatic nitrogens is 1. The van der Waals surface area contributed by atoms with Crippen LogP contribution in [-0.2, 0) is 16.1 Å². The molecule has 2 rings (SSSR count). The van der Waals surface area contributed by atoms with E-state index in [1.165, 1.54) is 0 Å². The van der Waals surface area contributed by atoms with E-state index in [9.17, 15) is 9.59 Å². The minimum Gasteiger partial charge on any atom is -0.352 e. The van der Waals surface area contributed by atoms with E-state index in [0.717, 1.165) is 12.0 Å². The third kappa shape index (κ3) is 3.35. The summed E-state index contributed by atoms with van der Waals surface area (Å²) in [6.45, 7) is 5.06. The van der Waals surface area contributed by atoms with E-state index in [-0.39, 0.29) is 23.8 Å². The van der Waals surface area contributed by atoms with Gasteiger partial charge in [0.1, 0.15) is 0 Å². The minimum atomic E-state index is -0.229. The summed E-state index contributed by atoms with van der Waals surface area (Å²) in [5, 5.41) is 2.88. The molecule has 0 saturated carbocycles. The molecular weight excluding hydrogens is 254 g/mol. The smallest absolute Gasteiger partial charge is 0.225 e. The number of likely N-dealkylation sites (tertiary alicyclic amines) is 1. The van der Waals surface area contributed by atoms with Gasteiger partial charge in [0.05, 0.1) is 5.92 Å². The van der Waals surface area contributed by atoms with Crippen LogP contribution in [0.2, 0.25) is 0 Å². The second-order valence-electron chi connectivity index (χ2n) is 5.28. The summed E-state index contributed by atoms with van der Waals surface area (Å²) in [6, 6.07) is 3.96. The molecule has 2 amide bonds. The highest BCUT2D eigenvalue weighted by Crippen LogP contribution is 2.21. The third-order valence-electron chi connectivity index (χ3n) is 3.84. The molecule has 2 atom stereocenters. The number of hydrogen-bond donors (Lipinski definition) is 1. The fourth-order valence-corrected chi connectivity index (χ4v) is 2.39. The average Bonchev–Trinajstić information content (AvgIpc) is 2.87. The van der Waals surface area contributed by atoms with Gasteiger partial charge in [-0.25, -0.2) is 0 Å². The van der Waals surface area contributed by atoms with Crippen molar-refractivity contribution in [2.75, 3.05) is 6.54 Å². The Morgan fingerprint density at radius 2 is 2.40 bits per heavy atom. The van der Waals surface area contributed by atoms with Gasteiger partial charge in [-0.15, -0.1) is 0 Å². The van der Waals surface area contributed by atoms with Gasteiger partial charge in [-0.2, -0.15) is 0 Å². The lowest BCUT2D eigenvalue weighted by Crippen LogP contribution is -2.36. The van der Waals surface area contributed by atoms with Crippen LogP contribution in [0.5, 0.6) is 0 Å². The number of rotatable bonds is 5. The molecule has 0 aliphatic carbocycles. The van der Waals surface area contributed by atoms with Crippen LogP contribution < -0.4 is 5.32 Å². The van der Waals surface area contributed by atoms with Gasteiger partial charge in [-0.1, -0.05) is 13.0 Å². The highest BCUT2D eigenvalue weighted by Gasteiger charge is 2.35. The van der Waals surface area contributed by atoms with E-state index in [1.54, 1.807) is 12.4 Å². The second-order valence-corrected chi connectivity index (χ2v) is 5.28.